The van der Waals surface area contributed by atoms with Gasteiger partial charge >= 0.3 is 0 Å². The van der Waals surface area contributed by atoms with Crippen LogP contribution in [0.15, 0.2) is 0 Å². The van der Waals surface area contributed by atoms with Crippen molar-refractivity contribution in [2.24, 2.45) is 0 Å². The molecule has 0 bridgehead atoms. The Kier molecular flexibility index (Phi) is 3.19. The monoisotopic (exact) mass is 210 g/mol. The van der Waals surface area contributed by atoms with E-state index in [2.05, 4.69) is 12.2 Å². The number of aromatic nitrogens is 1. The van der Waals surface area contributed by atoms with Crippen molar-refractivity contribution in [2.45, 2.75) is 45.1 Å². The van der Waals surface area contributed by atoms with Gasteiger partial charge in [0.1, 0.15) is 5.01 Å². The van der Waals surface area contributed by atoms with Gasteiger partial charge in [-0.05, 0) is 39.2 Å². The van der Waals surface area contributed by atoms with Gasteiger partial charge in [0.25, 0.3) is 0 Å². The summed E-state index contributed by atoms with van der Waals surface area (Å²) in [6.45, 7) is 2.21. The Morgan fingerprint density at radius 1 is 1.43 bits per heavy atom. The molecule has 0 radical (unpaired) electrons. The van der Waals surface area contributed by atoms with Crippen LogP contribution in [0.3, 0.4) is 0 Å². The van der Waals surface area contributed by atoms with E-state index < -0.39 is 0 Å². The van der Waals surface area contributed by atoms with Crippen molar-refractivity contribution in [2.75, 3.05) is 7.05 Å². The standard InChI is InChI=1S/C11H18N2S/c1-3-8(12-2)11-13-9-6-4-5-7-10(9)14-11/h8,12H,3-7H2,1-2H3. The molecule has 1 aromatic rings. The molecule has 0 amide bonds. The molecule has 0 aliphatic heterocycles. The van der Waals surface area contributed by atoms with E-state index in [1.54, 1.807) is 4.88 Å². The van der Waals surface area contributed by atoms with E-state index in [1.165, 1.54) is 36.4 Å². The molecular weight excluding hydrogens is 192 g/mol. The van der Waals surface area contributed by atoms with Gasteiger partial charge in [-0.25, -0.2) is 4.98 Å². The van der Waals surface area contributed by atoms with Gasteiger partial charge in [0.15, 0.2) is 0 Å². The van der Waals surface area contributed by atoms with E-state index in [-0.39, 0.29) is 0 Å². The number of hydrogen-bond acceptors (Lipinski definition) is 3. The molecule has 1 N–H and O–H groups in total. The lowest BCUT2D eigenvalue weighted by Gasteiger charge is -2.09. The van der Waals surface area contributed by atoms with Crippen LogP contribution in [-0.2, 0) is 12.8 Å². The van der Waals surface area contributed by atoms with Gasteiger partial charge in [-0.3, -0.25) is 0 Å². The summed E-state index contributed by atoms with van der Waals surface area (Å²) in [5, 5.41) is 4.62. The first-order valence-corrected chi connectivity index (χ1v) is 6.32. The normalized spacial score (nSPS) is 17.9. The molecule has 0 aromatic carbocycles. The smallest absolute Gasteiger partial charge is 0.110 e. The van der Waals surface area contributed by atoms with E-state index in [9.17, 15) is 0 Å². The van der Waals surface area contributed by atoms with Crippen LogP contribution in [0.2, 0.25) is 0 Å². The van der Waals surface area contributed by atoms with Crippen molar-refractivity contribution in [3.05, 3.63) is 15.6 Å². The van der Waals surface area contributed by atoms with Crippen LogP contribution in [0.5, 0.6) is 0 Å². The van der Waals surface area contributed by atoms with Gasteiger partial charge in [-0.15, -0.1) is 11.3 Å². The highest BCUT2D eigenvalue weighted by atomic mass is 32.1. The number of aryl methyl sites for hydroxylation is 2. The SMILES string of the molecule is CCC(NC)c1nc2c(s1)CCCC2. The van der Waals surface area contributed by atoms with Crippen molar-refractivity contribution in [3.8, 4) is 0 Å². The van der Waals surface area contributed by atoms with Crippen LogP contribution < -0.4 is 5.32 Å². The molecule has 1 aliphatic carbocycles. The molecule has 78 valence electrons. The molecule has 2 rings (SSSR count). The van der Waals surface area contributed by atoms with Gasteiger partial charge in [-0.2, -0.15) is 0 Å². The first-order valence-electron chi connectivity index (χ1n) is 5.51. The second-order valence-electron chi connectivity index (χ2n) is 3.88. The zero-order valence-corrected chi connectivity index (χ0v) is 9.78. The lowest BCUT2D eigenvalue weighted by molar-refractivity contribution is 0.570. The van der Waals surface area contributed by atoms with Crippen molar-refractivity contribution in [1.82, 2.24) is 10.3 Å². The van der Waals surface area contributed by atoms with E-state index in [1.807, 2.05) is 18.4 Å². The van der Waals surface area contributed by atoms with Crippen molar-refractivity contribution < 1.29 is 0 Å². The molecule has 0 fully saturated rings. The van der Waals surface area contributed by atoms with Gasteiger partial charge in [0.05, 0.1) is 11.7 Å². The molecule has 14 heavy (non-hydrogen) atoms. The van der Waals surface area contributed by atoms with Gasteiger partial charge in [0, 0.05) is 4.88 Å². The van der Waals surface area contributed by atoms with Crippen LogP contribution in [0.1, 0.15) is 47.8 Å². The third kappa shape index (κ3) is 1.84. The molecule has 1 aliphatic rings. The zero-order chi connectivity index (χ0) is 9.97. The highest BCUT2D eigenvalue weighted by Crippen LogP contribution is 2.30. The number of thiazole rings is 1. The Morgan fingerprint density at radius 3 is 2.86 bits per heavy atom. The van der Waals surface area contributed by atoms with Crippen molar-refractivity contribution in [3.63, 3.8) is 0 Å². The topological polar surface area (TPSA) is 24.9 Å². The fourth-order valence-electron chi connectivity index (χ4n) is 2.02. The van der Waals surface area contributed by atoms with Gasteiger partial charge < -0.3 is 5.32 Å². The third-order valence-corrected chi connectivity index (χ3v) is 4.19. The Morgan fingerprint density at radius 2 is 2.21 bits per heavy atom. The zero-order valence-electron chi connectivity index (χ0n) is 8.97. The Balaban J connectivity index is 2.22. The minimum Gasteiger partial charge on any atom is -0.311 e. The Hall–Kier alpha value is -0.410. The van der Waals surface area contributed by atoms with Crippen LogP contribution in [-0.4, -0.2) is 12.0 Å². The summed E-state index contributed by atoms with van der Waals surface area (Å²) >= 11 is 1.92. The first-order chi connectivity index (χ1) is 6.85. The van der Waals surface area contributed by atoms with E-state index in [4.69, 9.17) is 4.98 Å². The largest absolute Gasteiger partial charge is 0.311 e. The average Bonchev–Trinajstić information content (AvgIpc) is 2.63. The summed E-state index contributed by atoms with van der Waals surface area (Å²) in [5.74, 6) is 0. The molecule has 1 unspecified atom stereocenters. The Bertz CT molecular complexity index is 279. The highest BCUT2D eigenvalue weighted by Gasteiger charge is 2.18. The molecule has 0 spiro atoms. The minimum absolute atomic E-state index is 0.464. The highest BCUT2D eigenvalue weighted by molar-refractivity contribution is 7.11. The molecule has 0 saturated heterocycles. The van der Waals surface area contributed by atoms with E-state index >= 15 is 0 Å². The second-order valence-corrected chi connectivity index (χ2v) is 4.99. The summed E-state index contributed by atoms with van der Waals surface area (Å²) < 4.78 is 0. The summed E-state index contributed by atoms with van der Waals surface area (Å²) in [4.78, 5) is 6.29. The summed E-state index contributed by atoms with van der Waals surface area (Å²) in [6.07, 6.45) is 6.26. The average molecular weight is 210 g/mol. The van der Waals surface area contributed by atoms with Gasteiger partial charge in [0.2, 0.25) is 0 Å². The number of nitrogens with one attached hydrogen (secondary N) is 1. The molecular formula is C11H18N2S. The maximum absolute atomic E-state index is 4.75. The fourth-order valence-corrected chi connectivity index (χ4v) is 3.37. The quantitative estimate of drug-likeness (QED) is 0.829. The second kappa shape index (κ2) is 4.41. The van der Waals surface area contributed by atoms with Crippen LogP contribution in [0, 0.1) is 0 Å². The number of nitrogens with zero attached hydrogens (tertiary/aromatic N) is 1. The van der Waals surface area contributed by atoms with Crippen LogP contribution in [0.4, 0.5) is 0 Å². The molecule has 2 nitrogen and oxygen atoms in total. The molecule has 1 heterocycles. The predicted octanol–water partition coefficient (Wildman–Crippen LogP) is 2.69. The van der Waals surface area contributed by atoms with Gasteiger partial charge in [-0.1, -0.05) is 6.92 Å². The number of fused-ring (bicyclic) bond motifs is 1. The Labute approximate surface area is 89.8 Å². The maximum atomic E-state index is 4.75. The summed E-state index contributed by atoms with van der Waals surface area (Å²) in [5.41, 5.74) is 1.38. The molecule has 1 aromatic heterocycles. The molecule has 3 heteroatoms. The predicted molar refractivity (Wildman–Crippen MR) is 60.8 cm³/mol. The lowest BCUT2D eigenvalue weighted by Crippen LogP contribution is -2.14. The summed E-state index contributed by atoms with van der Waals surface area (Å²) in [6, 6.07) is 0.464. The third-order valence-electron chi connectivity index (χ3n) is 2.92. The van der Waals surface area contributed by atoms with E-state index in [0.717, 1.165) is 6.42 Å². The first kappa shape index (κ1) is 10.1. The maximum Gasteiger partial charge on any atom is 0.110 e. The lowest BCUT2D eigenvalue weighted by atomic mass is 10.0. The van der Waals surface area contributed by atoms with Crippen LogP contribution >= 0.6 is 11.3 Å². The summed E-state index contributed by atoms with van der Waals surface area (Å²) in [7, 11) is 2.02. The fraction of sp³-hybridized carbons (Fsp3) is 0.727. The number of hydrogen-bond donors (Lipinski definition) is 1. The van der Waals surface area contributed by atoms with Crippen molar-refractivity contribution in [1.29, 1.82) is 0 Å². The number of rotatable bonds is 3. The molecule has 1 atom stereocenters. The van der Waals surface area contributed by atoms with Crippen LogP contribution in [0.25, 0.3) is 0 Å². The minimum atomic E-state index is 0.464. The van der Waals surface area contributed by atoms with Crippen molar-refractivity contribution >= 4 is 11.3 Å². The van der Waals surface area contributed by atoms with E-state index in [0.29, 0.717) is 6.04 Å². The molecule has 0 saturated carbocycles.